The lowest BCUT2D eigenvalue weighted by Crippen LogP contribution is -2.17. The number of hydrogen-bond acceptors (Lipinski definition) is 3. The topological polar surface area (TPSA) is 55.6 Å². The lowest BCUT2D eigenvalue weighted by molar-refractivity contribution is 0.0955. The normalized spacial score (nSPS) is 11.0. The molecule has 6 aromatic rings. The largest absolute Gasteiger partial charge is 0.488 e. The van der Waals surface area contributed by atoms with Crippen LogP contribution in [0.3, 0.4) is 0 Å². The second-order valence-electron chi connectivity index (χ2n) is 9.88. The number of hydrogen-bond donors (Lipinski definition) is 1. The third kappa shape index (κ3) is 6.66. The van der Waals surface area contributed by atoms with E-state index in [0.29, 0.717) is 12.2 Å². The fraction of sp³-hybridized carbons (Fsp3) is 0.0270. The Labute approximate surface area is 259 Å². The van der Waals surface area contributed by atoms with Crippen molar-refractivity contribution in [2.45, 2.75) is 6.61 Å². The molecule has 0 fully saturated rings. The van der Waals surface area contributed by atoms with Crippen LogP contribution in [-0.4, -0.2) is 16.7 Å². The van der Waals surface area contributed by atoms with E-state index in [9.17, 15) is 4.79 Å². The van der Waals surface area contributed by atoms with Crippen LogP contribution in [0, 0.1) is 0 Å². The van der Waals surface area contributed by atoms with Crippen LogP contribution in [0.4, 0.5) is 0 Å². The van der Waals surface area contributed by atoms with Crippen LogP contribution in [0.5, 0.6) is 5.75 Å². The van der Waals surface area contributed by atoms with Gasteiger partial charge in [-0.2, -0.15) is 5.10 Å². The minimum absolute atomic E-state index is 0.288. The van der Waals surface area contributed by atoms with E-state index in [2.05, 4.69) is 67.4 Å². The number of nitrogens with zero attached hydrogens (tertiary/aromatic N) is 2. The third-order valence-corrected chi connectivity index (χ3v) is 7.60. The molecule has 0 saturated carbocycles. The van der Waals surface area contributed by atoms with Crippen LogP contribution >= 0.6 is 15.9 Å². The molecule has 210 valence electrons. The average Bonchev–Trinajstić information content (AvgIpc) is 3.51. The number of ether oxygens (including phenoxy) is 1. The molecule has 0 unspecified atom stereocenters. The van der Waals surface area contributed by atoms with Crippen LogP contribution < -0.4 is 10.2 Å². The number of benzene rings is 5. The fourth-order valence-electron chi connectivity index (χ4n) is 4.82. The number of rotatable bonds is 9. The van der Waals surface area contributed by atoms with Crippen LogP contribution in [-0.2, 0) is 6.61 Å². The minimum Gasteiger partial charge on any atom is -0.488 e. The lowest BCUT2D eigenvalue weighted by atomic mass is 10.1. The summed E-state index contributed by atoms with van der Waals surface area (Å²) in [5.74, 6) is 0.447. The molecule has 1 N–H and O–H groups in total. The van der Waals surface area contributed by atoms with E-state index in [1.807, 2.05) is 109 Å². The van der Waals surface area contributed by atoms with Crippen molar-refractivity contribution in [3.8, 4) is 34.0 Å². The van der Waals surface area contributed by atoms with Crippen molar-refractivity contribution in [3.05, 3.63) is 167 Å². The molecule has 5 nitrogen and oxygen atoms in total. The molecule has 5 aromatic carbocycles. The fourth-order valence-corrected chi connectivity index (χ4v) is 5.34. The molecule has 1 amide bonds. The Balaban J connectivity index is 1.15. The summed E-state index contributed by atoms with van der Waals surface area (Å²) in [7, 11) is 0. The van der Waals surface area contributed by atoms with Crippen molar-refractivity contribution in [2.24, 2.45) is 5.10 Å². The van der Waals surface area contributed by atoms with Gasteiger partial charge in [0.1, 0.15) is 12.4 Å². The summed E-state index contributed by atoms with van der Waals surface area (Å²) < 4.78 is 8.94. The van der Waals surface area contributed by atoms with E-state index in [4.69, 9.17) is 4.74 Å². The number of aromatic nitrogens is 1. The van der Waals surface area contributed by atoms with Gasteiger partial charge in [0.2, 0.25) is 0 Å². The Morgan fingerprint density at radius 1 is 0.721 bits per heavy atom. The molecule has 1 heterocycles. The highest BCUT2D eigenvalue weighted by Crippen LogP contribution is 2.32. The van der Waals surface area contributed by atoms with Gasteiger partial charge in [-0.05, 0) is 92.8 Å². The van der Waals surface area contributed by atoms with Gasteiger partial charge < -0.3 is 9.30 Å². The lowest BCUT2D eigenvalue weighted by Gasteiger charge is -2.15. The van der Waals surface area contributed by atoms with Crippen molar-refractivity contribution in [1.82, 2.24) is 9.99 Å². The average molecular weight is 627 g/mol. The molecule has 0 bridgehead atoms. The first kappa shape index (κ1) is 27.9. The van der Waals surface area contributed by atoms with Crippen LogP contribution in [0.1, 0.15) is 21.5 Å². The van der Waals surface area contributed by atoms with Crippen molar-refractivity contribution in [3.63, 3.8) is 0 Å². The Morgan fingerprint density at radius 3 is 1.88 bits per heavy atom. The summed E-state index contributed by atoms with van der Waals surface area (Å²) in [6, 6.07) is 48.1. The van der Waals surface area contributed by atoms with Crippen molar-refractivity contribution < 1.29 is 9.53 Å². The molecule has 0 atom stereocenters. The molecule has 0 aliphatic heterocycles. The van der Waals surface area contributed by atoms with E-state index >= 15 is 0 Å². The van der Waals surface area contributed by atoms with Crippen LogP contribution in [0.2, 0.25) is 0 Å². The first-order valence-electron chi connectivity index (χ1n) is 13.9. The monoisotopic (exact) mass is 625 g/mol. The van der Waals surface area contributed by atoms with Gasteiger partial charge in [0.15, 0.2) is 0 Å². The van der Waals surface area contributed by atoms with Gasteiger partial charge in [-0.3, -0.25) is 4.79 Å². The highest BCUT2D eigenvalue weighted by atomic mass is 79.9. The molecule has 0 saturated heterocycles. The zero-order valence-electron chi connectivity index (χ0n) is 23.2. The Kier molecular flexibility index (Phi) is 8.57. The Morgan fingerprint density at radius 2 is 1.30 bits per heavy atom. The van der Waals surface area contributed by atoms with Crippen molar-refractivity contribution in [1.29, 1.82) is 0 Å². The smallest absolute Gasteiger partial charge is 0.271 e. The van der Waals surface area contributed by atoms with E-state index < -0.39 is 0 Å². The first-order valence-corrected chi connectivity index (χ1v) is 14.7. The highest BCUT2D eigenvalue weighted by molar-refractivity contribution is 9.10. The maximum absolute atomic E-state index is 12.9. The number of halogens is 1. The van der Waals surface area contributed by atoms with E-state index in [0.717, 1.165) is 49.6 Å². The molecular formula is C37H28BrN3O2. The summed E-state index contributed by atoms with van der Waals surface area (Å²) in [5.41, 5.74) is 10.4. The third-order valence-electron chi connectivity index (χ3n) is 6.98. The number of nitrogens with one attached hydrogen (secondary N) is 1. The summed E-state index contributed by atoms with van der Waals surface area (Å²) in [6.07, 6.45) is 1.61. The molecule has 0 spiro atoms. The van der Waals surface area contributed by atoms with Crippen molar-refractivity contribution >= 4 is 28.1 Å². The van der Waals surface area contributed by atoms with Crippen LogP contribution in [0.15, 0.2) is 155 Å². The molecule has 0 aliphatic carbocycles. The van der Waals surface area contributed by atoms with Gasteiger partial charge >= 0.3 is 0 Å². The molecule has 6 heteroatoms. The molecule has 43 heavy (non-hydrogen) atoms. The first-order chi connectivity index (χ1) is 21.2. The molecular weight excluding hydrogens is 598 g/mol. The van der Waals surface area contributed by atoms with Crippen molar-refractivity contribution in [2.75, 3.05) is 0 Å². The molecule has 0 radical (unpaired) electrons. The second kappa shape index (κ2) is 13.2. The summed E-state index contributed by atoms with van der Waals surface area (Å²) in [4.78, 5) is 12.9. The highest BCUT2D eigenvalue weighted by Gasteiger charge is 2.14. The zero-order chi connectivity index (χ0) is 29.4. The molecule has 1 aromatic heterocycles. The van der Waals surface area contributed by atoms with E-state index in [-0.39, 0.29) is 5.91 Å². The SMILES string of the molecule is O=C(N/N=C\c1ccc(OCc2ccccc2)c(Br)c1)c1ccc(-n2c(-c3ccccc3)ccc2-c2ccccc2)cc1. The summed E-state index contributed by atoms with van der Waals surface area (Å²) in [6.45, 7) is 0.479. The Hall–Kier alpha value is -5.20. The minimum atomic E-state index is -0.288. The maximum Gasteiger partial charge on any atom is 0.271 e. The molecule has 0 aliphatic rings. The second-order valence-corrected chi connectivity index (χ2v) is 10.7. The van der Waals surface area contributed by atoms with Crippen LogP contribution in [0.25, 0.3) is 28.2 Å². The van der Waals surface area contributed by atoms with Gasteiger partial charge in [-0.15, -0.1) is 0 Å². The van der Waals surface area contributed by atoms with E-state index in [1.54, 1.807) is 6.21 Å². The number of hydrazone groups is 1. The number of carbonyl (C=O) groups is 1. The number of amides is 1. The van der Waals surface area contributed by atoms with Gasteiger partial charge in [-0.1, -0.05) is 91.0 Å². The predicted octanol–water partition coefficient (Wildman–Crippen LogP) is 8.92. The van der Waals surface area contributed by atoms with Gasteiger partial charge in [-0.25, -0.2) is 5.43 Å². The van der Waals surface area contributed by atoms with E-state index in [1.165, 1.54) is 0 Å². The summed E-state index contributed by atoms with van der Waals surface area (Å²) in [5, 5.41) is 4.17. The Bertz CT molecular complexity index is 1790. The number of carbonyl (C=O) groups excluding carboxylic acids is 1. The zero-order valence-corrected chi connectivity index (χ0v) is 24.8. The maximum atomic E-state index is 12.9. The summed E-state index contributed by atoms with van der Waals surface area (Å²) >= 11 is 3.57. The molecule has 6 rings (SSSR count). The quantitative estimate of drug-likeness (QED) is 0.129. The van der Waals surface area contributed by atoms with Gasteiger partial charge in [0.25, 0.3) is 5.91 Å². The van der Waals surface area contributed by atoms with Gasteiger partial charge in [0, 0.05) is 11.3 Å². The predicted molar refractivity (Wildman–Crippen MR) is 177 cm³/mol. The standard InChI is InChI=1S/C37H28BrN3O2/c38-33-24-28(16-23-36(33)43-26-27-10-4-1-5-11-27)25-39-40-37(42)31-17-19-32(20-18-31)41-34(29-12-6-2-7-13-29)21-22-35(41)30-14-8-3-9-15-30/h1-25H,26H2,(H,40,42)/b39-25-. The van der Waals surface area contributed by atoms with Gasteiger partial charge in [0.05, 0.1) is 22.1 Å².